The lowest BCUT2D eigenvalue weighted by molar-refractivity contribution is 0.164. The van der Waals surface area contributed by atoms with Crippen molar-refractivity contribution < 1.29 is 0 Å². The van der Waals surface area contributed by atoms with E-state index in [0.717, 1.165) is 0 Å². The summed E-state index contributed by atoms with van der Waals surface area (Å²) >= 11 is 0. The van der Waals surface area contributed by atoms with E-state index in [2.05, 4.69) is 30.7 Å². The second kappa shape index (κ2) is 4.27. The van der Waals surface area contributed by atoms with Gasteiger partial charge in [-0.05, 0) is 19.5 Å². The molecule has 0 unspecified atom stereocenters. The van der Waals surface area contributed by atoms with Crippen molar-refractivity contribution in [3.8, 4) is 0 Å². The molecule has 66 valence electrons. The Morgan fingerprint density at radius 3 is 2.58 bits per heavy atom. The van der Waals surface area contributed by atoms with Crippen molar-refractivity contribution in [1.29, 1.82) is 0 Å². The first-order chi connectivity index (χ1) is 5.74. The van der Waals surface area contributed by atoms with Gasteiger partial charge in [-0.3, -0.25) is 0 Å². The molecule has 0 N–H and O–H groups in total. The summed E-state index contributed by atoms with van der Waals surface area (Å²) in [6, 6.07) is 0. The highest BCUT2D eigenvalue weighted by Gasteiger charge is 2.23. The van der Waals surface area contributed by atoms with E-state index in [1.165, 1.54) is 18.7 Å². The first kappa shape index (κ1) is 9.27. The zero-order valence-corrected chi connectivity index (χ0v) is 7.96. The maximum Gasteiger partial charge on any atom is 0.00875 e. The van der Waals surface area contributed by atoms with Crippen LogP contribution in [0.25, 0.3) is 0 Å². The van der Waals surface area contributed by atoms with Crippen molar-refractivity contribution in [3.05, 3.63) is 36.5 Å². The van der Waals surface area contributed by atoms with Crippen LogP contribution in [-0.4, -0.2) is 25.0 Å². The molecule has 0 atom stereocenters. The molecule has 0 aromatic carbocycles. The summed E-state index contributed by atoms with van der Waals surface area (Å²) in [6.45, 7) is 8.39. The largest absolute Gasteiger partial charge is 0.305 e. The van der Waals surface area contributed by atoms with Crippen molar-refractivity contribution >= 4 is 0 Å². The van der Waals surface area contributed by atoms with Gasteiger partial charge in [-0.2, -0.15) is 0 Å². The van der Waals surface area contributed by atoms with Crippen LogP contribution in [0.3, 0.4) is 0 Å². The minimum atomic E-state index is 0.691. The molecule has 0 spiro atoms. The first-order valence-corrected chi connectivity index (χ1v) is 4.40. The van der Waals surface area contributed by atoms with Crippen LogP contribution < -0.4 is 0 Å². The molecule has 1 fully saturated rings. The number of nitrogens with zero attached hydrogens (tertiary/aromatic N) is 1. The van der Waals surface area contributed by atoms with Gasteiger partial charge in [0.2, 0.25) is 0 Å². The fraction of sp³-hybridized carbons (Fsp3) is 0.455. The van der Waals surface area contributed by atoms with Gasteiger partial charge < -0.3 is 4.90 Å². The summed E-state index contributed by atoms with van der Waals surface area (Å²) in [5.41, 5.74) is 1.26. The van der Waals surface area contributed by atoms with E-state index in [9.17, 15) is 0 Å². The van der Waals surface area contributed by atoms with E-state index in [4.69, 9.17) is 0 Å². The van der Waals surface area contributed by atoms with Crippen LogP contribution in [-0.2, 0) is 0 Å². The predicted octanol–water partition coefficient (Wildman–Crippen LogP) is 2.24. The Labute approximate surface area is 75.1 Å². The number of rotatable bonds is 3. The number of hydrogen-bond acceptors (Lipinski definition) is 1. The van der Waals surface area contributed by atoms with Crippen LogP contribution in [0.4, 0.5) is 0 Å². The lowest BCUT2D eigenvalue weighted by Crippen LogP contribution is -2.44. The van der Waals surface area contributed by atoms with Crippen LogP contribution in [0.5, 0.6) is 0 Å². The summed E-state index contributed by atoms with van der Waals surface area (Å²) in [6.07, 6.45) is 8.22. The molecule has 0 saturated carbocycles. The van der Waals surface area contributed by atoms with E-state index >= 15 is 0 Å². The Hall–Kier alpha value is -0.820. The van der Waals surface area contributed by atoms with Gasteiger partial charge in [0, 0.05) is 19.0 Å². The Morgan fingerprint density at radius 2 is 2.08 bits per heavy atom. The molecular weight excluding hydrogens is 146 g/mol. The second-order valence-corrected chi connectivity index (χ2v) is 3.38. The van der Waals surface area contributed by atoms with Gasteiger partial charge in [0.05, 0.1) is 0 Å². The molecule has 0 aromatic rings. The molecule has 0 aliphatic carbocycles. The number of hydrogen-bond donors (Lipinski definition) is 0. The molecule has 0 amide bonds. The highest BCUT2D eigenvalue weighted by atomic mass is 15.2. The third-order valence-corrected chi connectivity index (χ3v) is 2.20. The second-order valence-electron chi connectivity index (χ2n) is 3.38. The SMILES string of the molecule is C=C(/C=C\C=C/C)C1CN(C)C1. The zero-order chi connectivity index (χ0) is 8.97. The van der Waals surface area contributed by atoms with Crippen LogP contribution >= 0.6 is 0 Å². The lowest BCUT2D eigenvalue weighted by Gasteiger charge is -2.36. The molecule has 1 nitrogen and oxygen atoms in total. The van der Waals surface area contributed by atoms with Crippen molar-refractivity contribution in [2.45, 2.75) is 6.92 Å². The summed E-state index contributed by atoms with van der Waals surface area (Å²) < 4.78 is 0. The monoisotopic (exact) mass is 163 g/mol. The molecule has 1 heteroatoms. The van der Waals surface area contributed by atoms with Gasteiger partial charge >= 0.3 is 0 Å². The molecule has 1 heterocycles. The predicted molar refractivity (Wildman–Crippen MR) is 54.1 cm³/mol. The Balaban J connectivity index is 2.29. The highest BCUT2D eigenvalue weighted by molar-refractivity contribution is 5.23. The van der Waals surface area contributed by atoms with E-state index in [0.29, 0.717) is 5.92 Å². The summed E-state index contributed by atoms with van der Waals surface area (Å²) in [7, 11) is 2.14. The topological polar surface area (TPSA) is 3.24 Å². The fourth-order valence-electron chi connectivity index (χ4n) is 1.36. The molecule has 0 aromatic heterocycles. The van der Waals surface area contributed by atoms with Gasteiger partial charge in [-0.1, -0.05) is 30.9 Å². The molecule has 1 aliphatic rings. The quantitative estimate of drug-likeness (QED) is 0.577. The first-order valence-electron chi connectivity index (χ1n) is 4.40. The van der Waals surface area contributed by atoms with Crippen LogP contribution in [0.15, 0.2) is 36.5 Å². The number of likely N-dealkylation sites (tertiary alicyclic amines) is 1. The molecule has 12 heavy (non-hydrogen) atoms. The third kappa shape index (κ3) is 2.35. The molecule has 0 radical (unpaired) electrons. The Kier molecular flexibility index (Phi) is 3.30. The van der Waals surface area contributed by atoms with Gasteiger partial charge in [0.15, 0.2) is 0 Å². The summed E-state index contributed by atoms with van der Waals surface area (Å²) in [4.78, 5) is 2.30. The summed E-state index contributed by atoms with van der Waals surface area (Å²) in [5.74, 6) is 0.691. The normalized spacial score (nSPS) is 20.5. The third-order valence-electron chi connectivity index (χ3n) is 2.20. The lowest BCUT2D eigenvalue weighted by atomic mass is 9.93. The molecule has 1 rings (SSSR count). The zero-order valence-electron chi connectivity index (χ0n) is 7.96. The van der Waals surface area contributed by atoms with E-state index in [1.54, 1.807) is 0 Å². The molecule has 1 aliphatic heterocycles. The van der Waals surface area contributed by atoms with Crippen molar-refractivity contribution in [1.82, 2.24) is 4.90 Å². The minimum Gasteiger partial charge on any atom is -0.305 e. The van der Waals surface area contributed by atoms with Gasteiger partial charge in [-0.15, -0.1) is 0 Å². The fourth-order valence-corrected chi connectivity index (χ4v) is 1.36. The molecular formula is C11H17N. The smallest absolute Gasteiger partial charge is 0.00875 e. The molecule has 0 bridgehead atoms. The summed E-state index contributed by atoms with van der Waals surface area (Å²) in [5, 5.41) is 0. The van der Waals surface area contributed by atoms with Crippen LogP contribution in [0.1, 0.15) is 6.92 Å². The van der Waals surface area contributed by atoms with Crippen molar-refractivity contribution in [3.63, 3.8) is 0 Å². The maximum atomic E-state index is 4.04. The van der Waals surface area contributed by atoms with Crippen molar-refractivity contribution in [2.24, 2.45) is 5.92 Å². The standard InChI is InChI=1S/C11H17N/c1-4-5-6-7-10(2)11-8-12(3)9-11/h4-7,11H,2,8-9H2,1,3H3/b5-4-,7-6-. The van der Waals surface area contributed by atoms with Crippen molar-refractivity contribution in [2.75, 3.05) is 20.1 Å². The van der Waals surface area contributed by atoms with Gasteiger partial charge in [-0.25, -0.2) is 0 Å². The van der Waals surface area contributed by atoms with Crippen LogP contribution in [0.2, 0.25) is 0 Å². The maximum absolute atomic E-state index is 4.04. The highest BCUT2D eigenvalue weighted by Crippen LogP contribution is 2.21. The van der Waals surface area contributed by atoms with E-state index < -0.39 is 0 Å². The number of allylic oxidation sites excluding steroid dienone is 4. The Morgan fingerprint density at radius 1 is 1.42 bits per heavy atom. The van der Waals surface area contributed by atoms with Gasteiger partial charge in [0.25, 0.3) is 0 Å². The minimum absolute atomic E-state index is 0.691. The van der Waals surface area contributed by atoms with Crippen LogP contribution in [0, 0.1) is 5.92 Å². The Bertz CT molecular complexity index is 207. The average Bonchev–Trinajstić information content (AvgIpc) is 1.99. The van der Waals surface area contributed by atoms with Gasteiger partial charge in [0.1, 0.15) is 0 Å². The molecule has 1 saturated heterocycles. The van der Waals surface area contributed by atoms with E-state index in [-0.39, 0.29) is 0 Å². The van der Waals surface area contributed by atoms with E-state index in [1.807, 2.05) is 19.1 Å². The average molecular weight is 163 g/mol.